The van der Waals surface area contributed by atoms with Crippen molar-refractivity contribution in [1.29, 1.82) is 0 Å². The summed E-state index contributed by atoms with van der Waals surface area (Å²) in [5.74, 6) is 0.378. The molecule has 2 aromatic heterocycles. The summed E-state index contributed by atoms with van der Waals surface area (Å²) in [7, 11) is -3.71. The Hall–Kier alpha value is -1.49. The van der Waals surface area contributed by atoms with E-state index in [0.29, 0.717) is 25.9 Å². The number of hydrogen-bond donors (Lipinski definition) is 2. The minimum Gasteiger partial charge on any atom is -0.279 e. The molecule has 0 unspecified atom stereocenters. The molecule has 0 saturated carbocycles. The van der Waals surface area contributed by atoms with Crippen LogP contribution in [-0.2, 0) is 10.0 Å². The summed E-state index contributed by atoms with van der Waals surface area (Å²) in [6.07, 6.45) is 0. The van der Waals surface area contributed by atoms with E-state index in [9.17, 15) is 8.42 Å². The second kappa shape index (κ2) is 5.95. The number of thiophene rings is 1. The summed E-state index contributed by atoms with van der Waals surface area (Å²) >= 11 is 10.0. The molecule has 7 nitrogen and oxygen atoms in total. The highest BCUT2D eigenvalue weighted by Crippen LogP contribution is 2.35. The number of hydrogen-bond acceptors (Lipinski definition) is 6. The number of nitrogens with one attached hydrogen (secondary N) is 2. The van der Waals surface area contributed by atoms with Crippen LogP contribution in [0.4, 0.5) is 5.69 Å². The van der Waals surface area contributed by atoms with Crippen LogP contribution in [0.1, 0.15) is 0 Å². The zero-order chi connectivity index (χ0) is 15.7. The molecule has 0 bridgehead atoms. The SMILES string of the molecule is O=S(=O)(Nc1cccc(-c2nn[nH]n2)c1)c1cc(Br)c(Cl)s1. The van der Waals surface area contributed by atoms with Gasteiger partial charge in [0, 0.05) is 15.7 Å². The fraction of sp³-hybridized carbons (Fsp3) is 0. The van der Waals surface area contributed by atoms with Gasteiger partial charge in [-0.2, -0.15) is 5.21 Å². The van der Waals surface area contributed by atoms with Crippen LogP contribution in [0.2, 0.25) is 4.34 Å². The van der Waals surface area contributed by atoms with E-state index in [-0.39, 0.29) is 4.21 Å². The van der Waals surface area contributed by atoms with Gasteiger partial charge in [0.05, 0.1) is 0 Å². The van der Waals surface area contributed by atoms with Crippen LogP contribution in [-0.4, -0.2) is 29.0 Å². The molecule has 0 radical (unpaired) electrons. The van der Waals surface area contributed by atoms with Crippen molar-refractivity contribution in [3.8, 4) is 11.4 Å². The first-order chi connectivity index (χ1) is 10.5. The molecule has 0 atom stereocenters. The van der Waals surface area contributed by atoms with Crippen LogP contribution in [0.5, 0.6) is 0 Å². The molecule has 3 rings (SSSR count). The van der Waals surface area contributed by atoms with Crippen molar-refractivity contribution < 1.29 is 8.42 Å². The predicted molar refractivity (Wildman–Crippen MR) is 87.5 cm³/mol. The zero-order valence-electron chi connectivity index (χ0n) is 10.6. The standard InChI is InChI=1S/C11H7BrClN5O2S2/c12-8-5-9(21-10(8)13)22(19,20)16-7-3-1-2-6(4-7)11-14-17-18-15-11/h1-5,16H,(H,14,15,17,18). The second-order valence-electron chi connectivity index (χ2n) is 4.11. The van der Waals surface area contributed by atoms with E-state index in [0.717, 1.165) is 11.3 Å². The van der Waals surface area contributed by atoms with E-state index in [1.807, 2.05) is 0 Å². The van der Waals surface area contributed by atoms with Gasteiger partial charge in [0.25, 0.3) is 10.0 Å². The number of anilines is 1. The lowest BCUT2D eigenvalue weighted by atomic mass is 10.2. The van der Waals surface area contributed by atoms with Crippen LogP contribution >= 0.6 is 38.9 Å². The Morgan fingerprint density at radius 3 is 2.77 bits per heavy atom. The summed E-state index contributed by atoms with van der Waals surface area (Å²) in [5.41, 5.74) is 1.03. The van der Waals surface area contributed by atoms with E-state index in [2.05, 4.69) is 41.3 Å². The van der Waals surface area contributed by atoms with E-state index < -0.39 is 10.0 Å². The predicted octanol–water partition coefficient (Wildman–Crippen LogP) is 3.14. The fourth-order valence-electron chi connectivity index (χ4n) is 1.67. The Bertz CT molecular complexity index is 891. The van der Waals surface area contributed by atoms with Gasteiger partial charge in [-0.1, -0.05) is 23.7 Å². The molecule has 0 spiro atoms. The third-order valence-electron chi connectivity index (χ3n) is 2.61. The van der Waals surface area contributed by atoms with Gasteiger partial charge in [0.1, 0.15) is 8.55 Å². The maximum absolute atomic E-state index is 12.3. The summed E-state index contributed by atoms with van der Waals surface area (Å²) < 4.78 is 28.2. The maximum Gasteiger partial charge on any atom is 0.271 e. The normalized spacial score (nSPS) is 11.5. The summed E-state index contributed by atoms with van der Waals surface area (Å²) in [6.45, 7) is 0. The highest BCUT2D eigenvalue weighted by atomic mass is 79.9. The number of sulfonamides is 1. The number of aromatic amines is 1. The zero-order valence-corrected chi connectivity index (χ0v) is 14.6. The number of benzene rings is 1. The van der Waals surface area contributed by atoms with E-state index in [1.54, 1.807) is 24.3 Å². The molecule has 1 aromatic carbocycles. The molecule has 22 heavy (non-hydrogen) atoms. The van der Waals surface area contributed by atoms with Crippen molar-refractivity contribution in [2.45, 2.75) is 4.21 Å². The van der Waals surface area contributed by atoms with Gasteiger partial charge in [-0.25, -0.2) is 8.42 Å². The average molecular weight is 421 g/mol. The van der Waals surface area contributed by atoms with Gasteiger partial charge in [0.15, 0.2) is 0 Å². The monoisotopic (exact) mass is 419 g/mol. The third-order valence-corrected chi connectivity index (χ3v) is 6.94. The fourth-order valence-corrected chi connectivity index (χ4v) is 5.02. The number of rotatable bonds is 4. The molecule has 11 heteroatoms. The summed E-state index contributed by atoms with van der Waals surface area (Å²) in [6, 6.07) is 8.15. The van der Waals surface area contributed by atoms with Gasteiger partial charge >= 0.3 is 0 Å². The van der Waals surface area contributed by atoms with Crippen LogP contribution in [0.25, 0.3) is 11.4 Å². The van der Waals surface area contributed by atoms with Gasteiger partial charge in [-0.15, -0.1) is 21.5 Å². The molecule has 3 aromatic rings. The molecule has 0 saturated heterocycles. The first-order valence-electron chi connectivity index (χ1n) is 5.77. The highest BCUT2D eigenvalue weighted by Gasteiger charge is 2.19. The van der Waals surface area contributed by atoms with E-state index in [4.69, 9.17) is 11.6 Å². The molecule has 0 aliphatic carbocycles. The summed E-state index contributed by atoms with van der Waals surface area (Å²) in [4.78, 5) is 0. The molecule has 0 fully saturated rings. The van der Waals surface area contributed by atoms with Crippen molar-refractivity contribution in [2.24, 2.45) is 0 Å². The first-order valence-corrected chi connectivity index (χ1v) is 9.24. The third kappa shape index (κ3) is 3.14. The van der Waals surface area contributed by atoms with E-state index in [1.165, 1.54) is 6.07 Å². The molecule has 0 aliphatic heterocycles. The Morgan fingerprint density at radius 1 is 1.32 bits per heavy atom. The number of halogens is 2. The first kappa shape index (κ1) is 15.4. The smallest absolute Gasteiger partial charge is 0.271 e. The molecule has 114 valence electrons. The number of H-pyrrole nitrogens is 1. The number of tetrazole rings is 1. The molecule has 0 aliphatic rings. The molecular formula is C11H7BrClN5O2S2. The van der Waals surface area contributed by atoms with Gasteiger partial charge in [-0.3, -0.25) is 4.72 Å². The maximum atomic E-state index is 12.3. The van der Waals surface area contributed by atoms with Crippen LogP contribution in [0, 0.1) is 0 Å². The van der Waals surface area contributed by atoms with Crippen molar-refractivity contribution >= 4 is 54.6 Å². The van der Waals surface area contributed by atoms with Crippen molar-refractivity contribution in [1.82, 2.24) is 20.6 Å². The van der Waals surface area contributed by atoms with Crippen LogP contribution in [0.15, 0.2) is 39.0 Å². The van der Waals surface area contributed by atoms with Crippen molar-refractivity contribution in [3.63, 3.8) is 0 Å². The molecule has 2 N–H and O–H groups in total. The van der Waals surface area contributed by atoms with Crippen LogP contribution in [0.3, 0.4) is 0 Å². The Labute approximate surface area is 142 Å². The molecule has 2 heterocycles. The second-order valence-corrected chi connectivity index (χ2v) is 8.53. The quantitative estimate of drug-likeness (QED) is 0.675. The number of nitrogens with zero attached hydrogens (tertiary/aromatic N) is 3. The van der Waals surface area contributed by atoms with E-state index >= 15 is 0 Å². The van der Waals surface area contributed by atoms with Gasteiger partial charge in [-0.05, 0) is 39.3 Å². The lowest BCUT2D eigenvalue weighted by Crippen LogP contribution is -2.11. The van der Waals surface area contributed by atoms with Gasteiger partial charge < -0.3 is 0 Å². The Morgan fingerprint density at radius 2 is 2.14 bits per heavy atom. The summed E-state index contributed by atoms with van der Waals surface area (Å²) in [5, 5.41) is 13.5. The van der Waals surface area contributed by atoms with Crippen LogP contribution < -0.4 is 4.72 Å². The lowest BCUT2D eigenvalue weighted by molar-refractivity contribution is 0.603. The minimum absolute atomic E-state index is 0.120. The highest BCUT2D eigenvalue weighted by molar-refractivity contribution is 9.10. The molecular weight excluding hydrogens is 414 g/mol. The average Bonchev–Trinajstić information content (AvgIpc) is 3.10. The minimum atomic E-state index is -3.71. The lowest BCUT2D eigenvalue weighted by Gasteiger charge is -2.06. The molecule has 0 amide bonds. The van der Waals surface area contributed by atoms with Crippen molar-refractivity contribution in [2.75, 3.05) is 4.72 Å². The number of aromatic nitrogens is 4. The van der Waals surface area contributed by atoms with Crippen molar-refractivity contribution in [3.05, 3.63) is 39.1 Å². The van der Waals surface area contributed by atoms with Gasteiger partial charge in [0.2, 0.25) is 5.82 Å². The Balaban J connectivity index is 1.91. The topological polar surface area (TPSA) is 101 Å². The Kier molecular flexibility index (Phi) is 4.17. The largest absolute Gasteiger partial charge is 0.279 e.